The van der Waals surface area contributed by atoms with Gasteiger partial charge in [0.05, 0.1) is 29.7 Å². The number of benzene rings is 2. The van der Waals surface area contributed by atoms with Gasteiger partial charge in [-0.15, -0.1) is 11.3 Å². The molecule has 0 saturated heterocycles. The van der Waals surface area contributed by atoms with E-state index in [1.165, 1.54) is 7.11 Å². The number of anilines is 1. The van der Waals surface area contributed by atoms with E-state index in [1.807, 2.05) is 66.9 Å². The van der Waals surface area contributed by atoms with Crippen LogP contribution in [0.4, 0.5) is 5.69 Å². The standard InChI is InChI=1S/C21H18N4O2S/c1-14-22-18(13-28-14)15-8-10-16(11-9-15)23-21(26)20-19(27-2)12-25(24-20)17-6-4-3-5-7-17/h3-13H,1-2H3,(H,23,26). The Balaban J connectivity index is 1.54. The highest BCUT2D eigenvalue weighted by molar-refractivity contribution is 7.09. The molecule has 2 aromatic heterocycles. The third-order valence-corrected chi connectivity index (χ3v) is 4.97. The molecule has 6 nitrogen and oxygen atoms in total. The van der Waals surface area contributed by atoms with Gasteiger partial charge in [0.15, 0.2) is 11.4 Å². The van der Waals surface area contributed by atoms with Crippen molar-refractivity contribution in [3.05, 3.63) is 76.9 Å². The van der Waals surface area contributed by atoms with Gasteiger partial charge in [0, 0.05) is 16.6 Å². The van der Waals surface area contributed by atoms with Crippen molar-refractivity contribution in [2.45, 2.75) is 6.92 Å². The van der Waals surface area contributed by atoms with Crippen molar-refractivity contribution in [2.24, 2.45) is 0 Å². The molecule has 28 heavy (non-hydrogen) atoms. The highest BCUT2D eigenvalue weighted by Gasteiger charge is 2.18. The van der Waals surface area contributed by atoms with Crippen LogP contribution in [-0.2, 0) is 0 Å². The van der Waals surface area contributed by atoms with E-state index in [-0.39, 0.29) is 11.6 Å². The van der Waals surface area contributed by atoms with E-state index < -0.39 is 0 Å². The van der Waals surface area contributed by atoms with Crippen LogP contribution < -0.4 is 10.1 Å². The van der Waals surface area contributed by atoms with Gasteiger partial charge in [0.25, 0.3) is 5.91 Å². The average molecular weight is 390 g/mol. The van der Waals surface area contributed by atoms with E-state index in [1.54, 1.807) is 22.2 Å². The number of amides is 1. The topological polar surface area (TPSA) is 69.0 Å². The molecular weight excluding hydrogens is 372 g/mol. The maximum absolute atomic E-state index is 12.7. The van der Waals surface area contributed by atoms with Gasteiger partial charge in [0.2, 0.25) is 0 Å². The molecule has 2 aromatic carbocycles. The third kappa shape index (κ3) is 3.65. The minimum absolute atomic E-state index is 0.227. The number of thiazole rings is 1. The van der Waals surface area contributed by atoms with Crippen LogP contribution in [0.2, 0.25) is 0 Å². The third-order valence-electron chi connectivity index (χ3n) is 4.19. The number of aromatic nitrogens is 3. The highest BCUT2D eigenvalue weighted by atomic mass is 32.1. The lowest BCUT2D eigenvalue weighted by Gasteiger charge is -2.05. The Morgan fingerprint density at radius 1 is 1.11 bits per heavy atom. The zero-order chi connectivity index (χ0) is 19.5. The minimum atomic E-state index is -0.330. The van der Waals surface area contributed by atoms with Crippen molar-refractivity contribution in [3.8, 4) is 22.7 Å². The summed E-state index contributed by atoms with van der Waals surface area (Å²) in [4.78, 5) is 17.2. The number of aryl methyl sites for hydroxylation is 1. The number of hydrogen-bond acceptors (Lipinski definition) is 5. The molecule has 1 amide bonds. The predicted molar refractivity (Wildman–Crippen MR) is 110 cm³/mol. The van der Waals surface area contributed by atoms with Gasteiger partial charge in [-0.3, -0.25) is 4.79 Å². The maximum Gasteiger partial charge on any atom is 0.280 e. The molecule has 0 bridgehead atoms. The fourth-order valence-electron chi connectivity index (χ4n) is 2.79. The zero-order valence-electron chi connectivity index (χ0n) is 15.4. The molecule has 0 aliphatic heterocycles. The van der Waals surface area contributed by atoms with Crippen molar-refractivity contribution in [1.82, 2.24) is 14.8 Å². The average Bonchev–Trinajstić information content (AvgIpc) is 3.36. The Hall–Kier alpha value is -3.45. The lowest BCUT2D eigenvalue weighted by molar-refractivity contribution is 0.101. The lowest BCUT2D eigenvalue weighted by Crippen LogP contribution is -2.14. The number of nitrogens with one attached hydrogen (secondary N) is 1. The molecule has 1 N–H and O–H groups in total. The SMILES string of the molecule is COc1cn(-c2ccccc2)nc1C(=O)Nc1ccc(-c2csc(C)n2)cc1. The van der Waals surface area contributed by atoms with E-state index >= 15 is 0 Å². The molecule has 0 unspecified atom stereocenters. The number of ether oxygens (including phenoxy) is 1. The van der Waals surface area contributed by atoms with Crippen molar-refractivity contribution in [3.63, 3.8) is 0 Å². The van der Waals surface area contributed by atoms with Gasteiger partial charge >= 0.3 is 0 Å². The van der Waals surface area contributed by atoms with E-state index in [9.17, 15) is 4.79 Å². The van der Waals surface area contributed by atoms with Crippen LogP contribution >= 0.6 is 11.3 Å². The van der Waals surface area contributed by atoms with Gasteiger partial charge in [-0.25, -0.2) is 9.67 Å². The smallest absolute Gasteiger partial charge is 0.280 e. The second-order valence-electron chi connectivity index (χ2n) is 6.11. The lowest BCUT2D eigenvalue weighted by atomic mass is 10.1. The largest absolute Gasteiger partial charge is 0.493 e. The minimum Gasteiger partial charge on any atom is -0.493 e. The molecule has 0 saturated carbocycles. The summed E-state index contributed by atoms with van der Waals surface area (Å²) >= 11 is 1.61. The van der Waals surface area contributed by atoms with Crippen molar-refractivity contribution < 1.29 is 9.53 Å². The van der Waals surface area contributed by atoms with Gasteiger partial charge in [-0.1, -0.05) is 30.3 Å². The molecular formula is C21H18N4O2S. The van der Waals surface area contributed by atoms with Crippen molar-refractivity contribution >= 4 is 22.9 Å². The molecule has 140 valence electrons. The van der Waals surface area contributed by atoms with Crippen LogP contribution in [0.3, 0.4) is 0 Å². The van der Waals surface area contributed by atoms with E-state index in [0.717, 1.165) is 22.0 Å². The summed E-state index contributed by atoms with van der Waals surface area (Å²) in [6.07, 6.45) is 1.69. The molecule has 0 aliphatic rings. The predicted octanol–water partition coefficient (Wildman–Crippen LogP) is 4.57. The zero-order valence-corrected chi connectivity index (χ0v) is 16.2. The number of carbonyl (C=O) groups is 1. The summed E-state index contributed by atoms with van der Waals surface area (Å²) in [5.41, 5.74) is 3.70. The first-order valence-corrected chi connectivity index (χ1v) is 9.55. The first kappa shape index (κ1) is 17.9. The summed E-state index contributed by atoms with van der Waals surface area (Å²) in [5, 5.41) is 10.3. The van der Waals surface area contributed by atoms with Gasteiger partial charge < -0.3 is 10.1 Å². The van der Waals surface area contributed by atoms with Crippen LogP contribution in [0, 0.1) is 6.92 Å². The summed E-state index contributed by atoms with van der Waals surface area (Å²) in [6, 6.07) is 17.1. The van der Waals surface area contributed by atoms with Crippen LogP contribution in [0.15, 0.2) is 66.2 Å². The van der Waals surface area contributed by atoms with Crippen LogP contribution in [0.5, 0.6) is 5.75 Å². The van der Waals surface area contributed by atoms with Crippen LogP contribution in [0.25, 0.3) is 16.9 Å². The number of rotatable bonds is 5. The van der Waals surface area contributed by atoms with Crippen molar-refractivity contribution in [1.29, 1.82) is 0 Å². The highest BCUT2D eigenvalue weighted by Crippen LogP contribution is 2.24. The van der Waals surface area contributed by atoms with Gasteiger partial charge in [0.1, 0.15) is 0 Å². The molecule has 4 aromatic rings. The normalized spacial score (nSPS) is 10.6. The first-order valence-electron chi connectivity index (χ1n) is 8.67. The molecule has 0 spiro atoms. The Bertz CT molecular complexity index is 1100. The first-order chi connectivity index (χ1) is 13.6. The van der Waals surface area contributed by atoms with E-state index in [4.69, 9.17) is 4.74 Å². The van der Waals surface area contributed by atoms with Crippen LogP contribution in [0.1, 0.15) is 15.5 Å². The van der Waals surface area contributed by atoms with Gasteiger partial charge in [-0.2, -0.15) is 5.10 Å². The fraction of sp³-hybridized carbons (Fsp3) is 0.0952. The monoisotopic (exact) mass is 390 g/mol. The molecule has 0 fully saturated rings. The number of methoxy groups -OCH3 is 1. The molecule has 2 heterocycles. The van der Waals surface area contributed by atoms with E-state index in [0.29, 0.717) is 11.4 Å². The molecule has 4 rings (SSSR count). The Morgan fingerprint density at radius 2 is 1.86 bits per heavy atom. The number of para-hydroxylation sites is 1. The van der Waals surface area contributed by atoms with Crippen LogP contribution in [-0.4, -0.2) is 27.8 Å². The number of hydrogen-bond donors (Lipinski definition) is 1. The number of carbonyl (C=O) groups excluding carboxylic acids is 1. The van der Waals surface area contributed by atoms with Gasteiger partial charge in [-0.05, 0) is 31.2 Å². The second-order valence-corrected chi connectivity index (χ2v) is 7.17. The Labute approximate surface area is 166 Å². The molecule has 0 aliphatic carbocycles. The summed E-state index contributed by atoms with van der Waals surface area (Å²) in [7, 11) is 1.52. The number of nitrogens with zero attached hydrogens (tertiary/aromatic N) is 3. The second kappa shape index (κ2) is 7.66. The Kier molecular flexibility index (Phi) is 4.90. The quantitative estimate of drug-likeness (QED) is 0.542. The maximum atomic E-state index is 12.7. The van der Waals surface area contributed by atoms with Crippen molar-refractivity contribution in [2.75, 3.05) is 12.4 Å². The molecule has 0 atom stereocenters. The molecule has 7 heteroatoms. The fourth-order valence-corrected chi connectivity index (χ4v) is 3.41. The summed E-state index contributed by atoms with van der Waals surface area (Å²) < 4.78 is 6.96. The van der Waals surface area contributed by atoms with E-state index in [2.05, 4.69) is 15.4 Å². The summed E-state index contributed by atoms with van der Waals surface area (Å²) in [6.45, 7) is 1.98. The molecule has 0 radical (unpaired) electrons. The summed E-state index contributed by atoms with van der Waals surface area (Å²) in [5.74, 6) is 0.0831. The Morgan fingerprint density at radius 3 is 2.50 bits per heavy atom.